The largest absolute Gasteiger partial charge is 0.490 e. The molecular weight excluding hydrogens is 474 g/mol. The van der Waals surface area contributed by atoms with Crippen LogP contribution < -0.4 is 0 Å². The average Bonchev–Trinajstić information content (AvgIpc) is 3.28. The lowest BCUT2D eigenvalue weighted by molar-refractivity contribution is -0.192. The van der Waals surface area contributed by atoms with Crippen LogP contribution in [0.25, 0.3) is 33.5 Å². The van der Waals surface area contributed by atoms with E-state index in [2.05, 4.69) is 63.4 Å². The van der Waals surface area contributed by atoms with Gasteiger partial charge in [0, 0.05) is 12.1 Å². The van der Waals surface area contributed by atoms with Gasteiger partial charge in [-0.05, 0) is 66.9 Å². The van der Waals surface area contributed by atoms with E-state index in [0.717, 1.165) is 29.0 Å². The number of imidazole rings is 1. The highest BCUT2D eigenvalue weighted by Crippen LogP contribution is 2.26. The van der Waals surface area contributed by atoms with Crippen molar-refractivity contribution in [3.05, 3.63) is 78.1 Å². The number of hydrogen-bond donors (Lipinski definition) is 2. The van der Waals surface area contributed by atoms with Crippen LogP contribution in [0, 0.1) is 5.82 Å². The fraction of sp³-hybridized carbons (Fsp3) is 0.259. The van der Waals surface area contributed by atoms with Crippen LogP contribution in [0.15, 0.2) is 66.7 Å². The fourth-order valence-electron chi connectivity index (χ4n) is 4.16. The van der Waals surface area contributed by atoms with Crippen LogP contribution in [0.4, 0.5) is 17.6 Å². The number of likely N-dealkylation sites (tertiary alicyclic amines) is 1. The Morgan fingerprint density at radius 2 is 1.58 bits per heavy atom. The molecule has 36 heavy (non-hydrogen) atoms. The maximum atomic E-state index is 13.4. The molecule has 1 aliphatic rings. The maximum absolute atomic E-state index is 13.4. The number of benzene rings is 3. The minimum atomic E-state index is -5.08. The molecule has 1 aliphatic heterocycles. The number of hydrogen-bond acceptors (Lipinski definition) is 3. The van der Waals surface area contributed by atoms with Gasteiger partial charge in [0.25, 0.3) is 0 Å². The van der Waals surface area contributed by atoms with Gasteiger partial charge in [-0.15, -0.1) is 0 Å². The molecule has 5 nitrogen and oxygen atoms in total. The average molecular weight is 500 g/mol. The summed E-state index contributed by atoms with van der Waals surface area (Å²) in [6.45, 7) is 3.45. The van der Waals surface area contributed by atoms with Gasteiger partial charge in [-0.2, -0.15) is 13.2 Å². The number of nitrogens with one attached hydrogen (secondary N) is 1. The van der Waals surface area contributed by atoms with Crippen LogP contribution in [0.2, 0.25) is 0 Å². The monoisotopic (exact) mass is 499 g/mol. The summed E-state index contributed by atoms with van der Waals surface area (Å²) in [5.41, 5.74) is 6.28. The minimum absolute atomic E-state index is 0.257. The summed E-state index contributed by atoms with van der Waals surface area (Å²) in [5.74, 6) is -2.25. The quantitative estimate of drug-likeness (QED) is 0.308. The Morgan fingerprint density at radius 3 is 2.25 bits per heavy atom. The van der Waals surface area contributed by atoms with Crippen molar-refractivity contribution >= 4 is 17.0 Å². The number of carbonyl (C=O) groups is 1. The number of piperidine rings is 1. The third-order valence-electron chi connectivity index (χ3n) is 5.96. The molecule has 3 aromatic carbocycles. The summed E-state index contributed by atoms with van der Waals surface area (Å²) in [7, 11) is 0. The number of H-pyrrole nitrogens is 1. The zero-order valence-electron chi connectivity index (χ0n) is 19.4. The van der Waals surface area contributed by atoms with E-state index < -0.39 is 12.1 Å². The highest BCUT2D eigenvalue weighted by molar-refractivity contribution is 5.80. The Bertz CT molecular complexity index is 1330. The molecule has 0 unspecified atom stereocenters. The van der Waals surface area contributed by atoms with E-state index in [-0.39, 0.29) is 5.82 Å². The molecule has 1 saturated heterocycles. The molecule has 5 rings (SSSR count). The molecule has 0 atom stereocenters. The molecule has 0 aliphatic carbocycles. The Balaban J connectivity index is 0.000000384. The maximum Gasteiger partial charge on any atom is 0.490 e. The summed E-state index contributed by atoms with van der Waals surface area (Å²) in [4.78, 5) is 19.2. The van der Waals surface area contributed by atoms with Gasteiger partial charge in [-0.25, -0.2) is 14.2 Å². The van der Waals surface area contributed by atoms with Crippen LogP contribution in [0.1, 0.15) is 24.8 Å². The van der Waals surface area contributed by atoms with Gasteiger partial charge in [-0.3, -0.25) is 4.90 Å². The van der Waals surface area contributed by atoms with Gasteiger partial charge in [0.2, 0.25) is 0 Å². The highest BCUT2D eigenvalue weighted by atomic mass is 19.4. The van der Waals surface area contributed by atoms with Crippen molar-refractivity contribution in [3.8, 4) is 22.5 Å². The van der Waals surface area contributed by atoms with Crippen molar-refractivity contribution in [2.24, 2.45) is 0 Å². The van der Waals surface area contributed by atoms with E-state index in [1.165, 1.54) is 61.2 Å². The number of aromatic amines is 1. The van der Waals surface area contributed by atoms with E-state index in [9.17, 15) is 17.6 Å². The number of halogens is 4. The zero-order valence-corrected chi connectivity index (χ0v) is 19.4. The molecule has 1 fully saturated rings. The lowest BCUT2D eigenvalue weighted by Crippen LogP contribution is -2.29. The predicted molar refractivity (Wildman–Crippen MR) is 130 cm³/mol. The first-order valence-corrected chi connectivity index (χ1v) is 11.6. The Labute approximate surface area is 205 Å². The van der Waals surface area contributed by atoms with Crippen molar-refractivity contribution < 1.29 is 27.5 Å². The summed E-state index contributed by atoms with van der Waals surface area (Å²) in [6.07, 6.45) is -1.09. The molecule has 0 saturated carbocycles. The summed E-state index contributed by atoms with van der Waals surface area (Å²) < 4.78 is 45.2. The smallest absolute Gasteiger partial charge is 0.475 e. The third-order valence-corrected chi connectivity index (χ3v) is 5.96. The van der Waals surface area contributed by atoms with Gasteiger partial charge >= 0.3 is 12.1 Å². The lowest BCUT2D eigenvalue weighted by atomic mass is 10.0. The topological polar surface area (TPSA) is 69.2 Å². The van der Waals surface area contributed by atoms with Crippen LogP contribution in [0.3, 0.4) is 0 Å². The van der Waals surface area contributed by atoms with E-state index in [4.69, 9.17) is 9.90 Å². The van der Waals surface area contributed by atoms with Gasteiger partial charge in [-0.1, -0.05) is 48.9 Å². The Hall–Kier alpha value is -3.72. The second-order valence-electron chi connectivity index (χ2n) is 8.66. The highest BCUT2D eigenvalue weighted by Gasteiger charge is 2.38. The van der Waals surface area contributed by atoms with Crippen molar-refractivity contribution in [3.63, 3.8) is 0 Å². The molecule has 0 bridgehead atoms. The van der Waals surface area contributed by atoms with Crippen molar-refractivity contribution in [1.29, 1.82) is 0 Å². The van der Waals surface area contributed by atoms with Crippen LogP contribution in [-0.2, 0) is 11.3 Å². The Morgan fingerprint density at radius 1 is 0.917 bits per heavy atom. The summed E-state index contributed by atoms with van der Waals surface area (Å²) in [6, 6.07) is 21.9. The molecule has 0 radical (unpaired) electrons. The van der Waals surface area contributed by atoms with E-state index in [0.29, 0.717) is 0 Å². The Kier molecular flexibility index (Phi) is 7.69. The summed E-state index contributed by atoms with van der Waals surface area (Å²) in [5, 5.41) is 7.12. The number of aliphatic carboxylic acids is 1. The number of rotatable bonds is 4. The van der Waals surface area contributed by atoms with Crippen molar-refractivity contribution in [2.45, 2.75) is 32.0 Å². The first kappa shape index (κ1) is 25.4. The number of carboxylic acid groups (broad SMARTS) is 1. The minimum Gasteiger partial charge on any atom is -0.475 e. The molecule has 1 aromatic heterocycles. The molecular formula is C27H25F4N3O2. The van der Waals surface area contributed by atoms with Crippen LogP contribution in [-0.4, -0.2) is 45.2 Å². The number of alkyl halides is 3. The van der Waals surface area contributed by atoms with Gasteiger partial charge in [0.1, 0.15) is 11.6 Å². The number of aromatic nitrogens is 2. The first-order valence-electron chi connectivity index (χ1n) is 11.6. The second kappa shape index (κ2) is 10.9. The van der Waals surface area contributed by atoms with Gasteiger partial charge in [0.05, 0.1) is 11.0 Å². The second-order valence-corrected chi connectivity index (χ2v) is 8.66. The predicted octanol–water partition coefficient (Wildman–Crippen LogP) is 6.66. The SMILES string of the molecule is Fc1ccc2nc(-c3ccc(-c4cccc(CN5CCCCC5)c4)cc3)[nH]c2c1.O=C(O)C(F)(F)F. The first-order chi connectivity index (χ1) is 17.2. The van der Waals surface area contributed by atoms with E-state index in [1.54, 1.807) is 6.07 Å². The van der Waals surface area contributed by atoms with Crippen molar-refractivity contribution in [1.82, 2.24) is 14.9 Å². The standard InChI is InChI=1S/C25H24FN3.C2HF3O2/c26-22-11-12-23-24(16-22)28-25(27-23)20-9-7-19(8-10-20)21-6-4-5-18(15-21)17-29-13-2-1-3-14-29;3-2(4,5)1(6)7/h4-12,15-16H,1-3,13-14,17H2,(H,27,28);(H,6,7). The molecule has 4 aromatic rings. The number of nitrogens with zero attached hydrogens (tertiary/aromatic N) is 2. The zero-order chi connectivity index (χ0) is 25.7. The van der Waals surface area contributed by atoms with Gasteiger partial charge < -0.3 is 10.1 Å². The number of fused-ring (bicyclic) bond motifs is 1. The van der Waals surface area contributed by atoms with Crippen LogP contribution in [0.5, 0.6) is 0 Å². The van der Waals surface area contributed by atoms with E-state index in [1.807, 2.05) is 0 Å². The lowest BCUT2D eigenvalue weighted by Gasteiger charge is -2.26. The van der Waals surface area contributed by atoms with Gasteiger partial charge in [0.15, 0.2) is 0 Å². The molecule has 2 heterocycles. The fourth-order valence-corrected chi connectivity index (χ4v) is 4.16. The molecule has 0 amide bonds. The molecule has 9 heteroatoms. The third kappa shape index (κ3) is 6.48. The van der Waals surface area contributed by atoms with Crippen LogP contribution >= 0.6 is 0 Å². The molecule has 188 valence electrons. The summed E-state index contributed by atoms with van der Waals surface area (Å²) >= 11 is 0. The molecule has 0 spiro atoms. The van der Waals surface area contributed by atoms with E-state index >= 15 is 0 Å². The number of carboxylic acids is 1. The normalized spacial score (nSPS) is 14.3. The molecule has 2 N–H and O–H groups in total. The van der Waals surface area contributed by atoms with Crippen molar-refractivity contribution in [2.75, 3.05) is 13.1 Å².